The van der Waals surface area contributed by atoms with Crippen molar-refractivity contribution in [2.75, 3.05) is 12.9 Å². The molecule has 1 unspecified atom stereocenters. The molecule has 4 rings (SSSR count). The van der Waals surface area contributed by atoms with Gasteiger partial charge in [0.1, 0.15) is 17.1 Å². The van der Waals surface area contributed by atoms with Crippen LogP contribution in [0.3, 0.4) is 0 Å². The third kappa shape index (κ3) is 6.82. The first kappa shape index (κ1) is 30.3. The number of hydrogen-bond donors (Lipinski definition) is 2. The van der Waals surface area contributed by atoms with Crippen LogP contribution in [-0.2, 0) is 25.2 Å². The van der Waals surface area contributed by atoms with Crippen LogP contribution in [0.1, 0.15) is 49.4 Å². The van der Waals surface area contributed by atoms with E-state index in [1.807, 2.05) is 0 Å². The fourth-order valence-corrected chi connectivity index (χ4v) is 4.83. The Labute approximate surface area is 228 Å². The summed E-state index contributed by atoms with van der Waals surface area (Å²) < 4.78 is 128. The summed E-state index contributed by atoms with van der Waals surface area (Å²) in [6, 6.07) is 3.34. The van der Waals surface area contributed by atoms with Gasteiger partial charge in [0.05, 0.1) is 24.6 Å². The topological polar surface area (TPSA) is 119 Å². The van der Waals surface area contributed by atoms with Crippen LogP contribution in [0.5, 0.6) is 5.75 Å². The first-order valence-corrected chi connectivity index (χ1v) is 14.0. The Kier molecular flexibility index (Phi) is 7.88. The number of ether oxygens (including phenoxy) is 1. The molecule has 2 amide bonds. The lowest BCUT2D eigenvalue weighted by molar-refractivity contribution is -0.202. The molecule has 0 radical (unpaired) electrons. The molecule has 2 heterocycles. The van der Waals surface area contributed by atoms with Gasteiger partial charge in [-0.3, -0.25) is 14.3 Å². The molecule has 1 aromatic heterocycles. The van der Waals surface area contributed by atoms with Crippen LogP contribution in [0.25, 0.3) is 5.57 Å². The molecule has 1 aliphatic heterocycles. The number of rotatable bonds is 9. The third-order valence-corrected chi connectivity index (χ3v) is 6.96. The van der Waals surface area contributed by atoms with E-state index in [4.69, 9.17) is 4.74 Å². The van der Waals surface area contributed by atoms with Crippen LogP contribution < -0.4 is 14.8 Å². The first-order chi connectivity index (χ1) is 18.9. The van der Waals surface area contributed by atoms with Crippen molar-refractivity contribution < 1.29 is 53.5 Å². The highest BCUT2D eigenvalue weighted by Crippen LogP contribution is 2.49. The molecule has 1 atom stereocenters. The van der Waals surface area contributed by atoms with Crippen molar-refractivity contribution in [3.05, 3.63) is 53.1 Å². The largest absolute Gasteiger partial charge is 0.493 e. The minimum Gasteiger partial charge on any atom is -0.493 e. The van der Waals surface area contributed by atoms with Gasteiger partial charge in [-0.2, -0.15) is 31.4 Å². The number of sulfonamides is 1. The van der Waals surface area contributed by atoms with Crippen molar-refractivity contribution in [2.24, 2.45) is 0 Å². The quantitative estimate of drug-likeness (QED) is 0.252. The third-order valence-electron chi connectivity index (χ3n) is 6.40. The molecule has 2 N–H and O–H groups in total. The minimum absolute atomic E-state index is 0.0384. The predicted octanol–water partition coefficient (Wildman–Crippen LogP) is 3.89. The lowest BCUT2D eigenvalue weighted by Crippen LogP contribution is -2.60. The molecule has 41 heavy (non-hydrogen) atoms. The second-order valence-electron chi connectivity index (χ2n) is 9.71. The molecular weight excluding hydrogens is 589 g/mol. The van der Waals surface area contributed by atoms with Crippen molar-refractivity contribution in [3.8, 4) is 5.75 Å². The maximum absolute atomic E-state index is 15.3. The van der Waals surface area contributed by atoms with Gasteiger partial charge in [-0.1, -0.05) is 0 Å². The number of carbonyl (C=O) groups is 2. The molecule has 0 saturated heterocycles. The Morgan fingerprint density at radius 1 is 1.20 bits per heavy atom. The zero-order valence-electron chi connectivity index (χ0n) is 21.2. The van der Waals surface area contributed by atoms with E-state index in [0.29, 0.717) is 18.4 Å². The Bertz CT molecular complexity index is 1500. The summed E-state index contributed by atoms with van der Waals surface area (Å²) in [6.07, 6.45) is -9.19. The van der Waals surface area contributed by atoms with Crippen LogP contribution in [0.15, 0.2) is 36.0 Å². The second kappa shape index (κ2) is 10.6. The summed E-state index contributed by atoms with van der Waals surface area (Å²) in [4.78, 5) is 25.9. The Balaban J connectivity index is 1.76. The summed E-state index contributed by atoms with van der Waals surface area (Å²) in [5, 5.41) is 5.84. The van der Waals surface area contributed by atoms with Gasteiger partial charge >= 0.3 is 12.4 Å². The Morgan fingerprint density at radius 3 is 2.44 bits per heavy atom. The van der Waals surface area contributed by atoms with Gasteiger partial charge in [-0.25, -0.2) is 17.5 Å². The summed E-state index contributed by atoms with van der Waals surface area (Å²) in [6.45, 7) is -0.491. The summed E-state index contributed by atoms with van der Waals surface area (Å²) in [7, 11) is -4.24. The zero-order valence-corrected chi connectivity index (χ0v) is 22.0. The molecule has 1 saturated carbocycles. The van der Waals surface area contributed by atoms with Crippen molar-refractivity contribution in [2.45, 2.75) is 56.0 Å². The second-order valence-corrected chi connectivity index (χ2v) is 11.5. The first-order valence-electron chi connectivity index (χ1n) is 12.1. The molecule has 224 valence electrons. The molecule has 2 aliphatic rings. The van der Waals surface area contributed by atoms with Crippen LogP contribution in [0.2, 0.25) is 0 Å². The van der Waals surface area contributed by atoms with E-state index in [1.54, 1.807) is 10.0 Å². The van der Waals surface area contributed by atoms with Crippen molar-refractivity contribution >= 4 is 27.4 Å². The standard InChI is InChI=1S/C24H23F7N4O5S/c1-41(38,39)34-21(37)19-15(18-7-9-35(33-18)13-3-4-13)12-22(24(29,30)31,32-20(19)36)16-6-5-14(11-17(16)25)40-10-2-8-23(26,27)28/h5-7,9,11,13H,2-4,8,10,12H2,1H3,(H,32,36)(H,34,37). The highest BCUT2D eigenvalue weighted by Gasteiger charge is 2.61. The van der Waals surface area contributed by atoms with Crippen molar-refractivity contribution in [3.63, 3.8) is 0 Å². The molecule has 1 aromatic carbocycles. The minimum atomic E-state index is -5.36. The fourth-order valence-electron chi connectivity index (χ4n) is 4.39. The summed E-state index contributed by atoms with van der Waals surface area (Å²) in [5.41, 5.74) is -6.23. The number of halogens is 7. The smallest absolute Gasteiger partial charge is 0.416 e. The zero-order chi connectivity index (χ0) is 30.4. The van der Waals surface area contributed by atoms with E-state index >= 15 is 4.39 Å². The lowest BCUT2D eigenvalue weighted by atomic mass is 9.77. The predicted molar refractivity (Wildman–Crippen MR) is 128 cm³/mol. The normalized spacial score (nSPS) is 20.1. The van der Waals surface area contributed by atoms with Gasteiger partial charge in [0, 0.05) is 36.2 Å². The van der Waals surface area contributed by atoms with Gasteiger partial charge in [-0.05, 0) is 37.5 Å². The molecule has 9 nitrogen and oxygen atoms in total. The van der Waals surface area contributed by atoms with E-state index in [-0.39, 0.29) is 17.5 Å². The SMILES string of the molecule is CS(=O)(=O)NC(=O)C1=C(c2ccn(C3CC3)n2)CC(c2ccc(OCCCC(F)(F)F)cc2F)(C(F)(F)F)NC1=O. The Morgan fingerprint density at radius 2 is 1.88 bits per heavy atom. The lowest BCUT2D eigenvalue weighted by Gasteiger charge is -2.41. The number of nitrogens with one attached hydrogen (secondary N) is 2. The van der Waals surface area contributed by atoms with Gasteiger partial charge in [0.25, 0.3) is 11.8 Å². The highest BCUT2D eigenvalue weighted by molar-refractivity contribution is 7.89. The number of aromatic nitrogens is 2. The molecule has 17 heteroatoms. The van der Waals surface area contributed by atoms with Gasteiger partial charge < -0.3 is 10.1 Å². The van der Waals surface area contributed by atoms with Gasteiger partial charge in [0.15, 0.2) is 5.54 Å². The molecular formula is C24H23F7N4O5S. The number of hydrogen-bond acceptors (Lipinski definition) is 6. The van der Waals surface area contributed by atoms with E-state index in [1.165, 1.54) is 16.9 Å². The van der Waals surface area contributed by atoms with Crippen molar-refractivity contribution in [1.82, 2.24) is 19.8 Å². The molecule has 1 aliphatic carbocycles. The monoisotopic (exact) mass is 612 g/mol. The van der Waals surface area contributed by atoms with E-state index in [9.17, 15) is 44.3 Å². The van der Waals surface area contributed by atoms with Crippen LogP contribution in [0, 0.1) is 5.82 Å². The van der Waals surface area contributed by atoms with Gasteiger partial charge in [-0.15, -0.1) is 0 Å². The van der Waals surface area contributed by atoms with E-state index in [0.717, 1.165) is 18.9 Å². The average molecular weight is 613 g/mol. The molecule has 1 fully saturated rings. The molecule has 0 bridgehead atoms. The maximum atomic E-state index is 15.3. The molecule has 2 aromatic rings. The Hall–Kier alpha value is -3.63. The van der Waals surface area contributed by atoms with Crippen LogP contribution >= 0.6 is 0 Å². The maximum Gasteiger partial charge on any atom is 0.416 e. The van der Waals surface area contributed by atoms with E-state index in [2.05, 4.69) is 5.10 Å². The van der Waals surface area contributed by atoms with E-state index < -0.39 is 88.1 Å². The van der Waals surface area contributed by atoms with Crippen molar-refractivity contribution in [1.29, 1.82) is 0 Å². The van der Waals surface area contributed by atoms with Gasteiger partial charge in [0.2, 0.25) is 10.0 Å². The number of benzene rings is 1. The van der Waals surface area contributed by atoms with Crippen LogP contribution in [-0.4, -0.2) is 55.2 Å². The molecule has 0 spiro atoms. The number of nitrogens with zero attached hydrogens (tertiary/aromatic N) is 2. The average Bonchev–Trinajstić information content (AvgIpc) is 3.55. The fraction of sp³-hybridized carbons (Fsp3) is 0.458. The van der Waals surface area contributed by atoms with Crippen LogP contribution in [0.4, 0.5) is 30.7 Å². The highest BCUT2D eigenvalue weighted by atomic mass is 32.2. The number of alkyl halides is 6. The summed E-state index contributed by atoms with van der Waals surface area (Å²) >= 11 is 0. The summed E-state index contributed by atoms with van der Waals surface area (Å²) in [5.74, 6) is -4.97. The number of carbonyl (C=O) groups excluding carboxylic acids is 2. The number of amides is 2.